The lowest BCUT2D eigenvalue weighted by Gasteiger charge is -2.32. The summed E-state index contributed by atoms with van der Waals surface area (Å²) in [6.07, 6.45) is 1.35. The molecule has 0 aromatic heterocycles. The zero-order chi connectivity index (χ0) is 30.3. The first kappa shape index (κ1) is 30.1. The van der Waals surface area contributed by atoms with Crippen molar-refractivity contribution < 1.29 is 23.6 Å². The molecule has 3 aromatic carbocycles. The van der Waals surface area contributed by atoms with E-state index in [4.69, 9.17) is 14.0 Å². The molecule has 2 amide bonds. The molecule has 1 N–H and O–H groups in total. The van der Waals surface area contributed by atoms with Gasteiger partial charge in [0.1, 0.15) is 5.60 Å². The molecule has 222 valence electrons. The maximum absolute atomic E-state index is 13.8. The maximum atomic E-state index is 13.8. The lowest BCUT2D eigenvalue weighted by atomic mass is 9.78. The van der Waals surface area contributed by atoms with E-state index in [2.05, 4.69) is 17.4 Å². The highest BCUT2D eigenvalue weighted by molar-refractivity contribution is 6.62. The number of amides is 2. The number of ether oxygens (including phenoxy) is 1. The minimum atomic E-state index is -0.529. The van der Waals surface area contributed by atoms with Gasteiger partial charge >= 0.3 is 13.2 Å². The molecule has 3 aromatic rings. The number of alkyl carbamates (subject to hydrolysis) is 1. The molecule has 42 heavy (non-hydrogen) atoms. The molecule has 0 saturated carbocycles. The zero-order valence-corrected chi connectivity index (χ0v) is 26.0. The fourth-order valence-corrected chi connectivity index (χ4v) is 5.63. The third kappa shape index (κ3) is 6.50. The Hall–Kier alpha value is -3.36. The van der Waals surface area contributed by atoms with Crippen LogP contribution in [0, 0.1) is 0 Å². The number of likely N-dealkylation sites (tertiary alicyclic amines) is 1. The van der Waals surface area contributed by atoms with Crippen LogP contribution in [0.25, 0.3) is 10.8 Å². The largest absolute Gasteiger partial charge is 0.494 e. The Balaban J connectivity index is 1.25. The second-order valence-corrected chi connectivity index (χ2v) is 13.5. The predicted molar refractivity (Wildman–Crippen MR) is 167 cm³/mol. The van der Waals surface area contributed by atoms with E-state index >= 15 is 0 Å². The molecule has 7 nitrogen and oxygen atoms in total. The first-order valence-electron chi connectivity index (χ1n) is 15.0. The van der Waals surface area contributed by atoms with Crippen molar-refractivity contribution in [1.82, 2.24) is 10.2 Å². The molecule has 0 bridgehead atoms. The van der Waals surface area contributed by atoms with E-state index in [-0.39, 0.29) is 5.91 Å². The lowest BCUT2D eigenvalue weighted by Crippen LogP contribution is -2.41. The molecular weight excluding hydrogens is 527 g/mol. The summed E-state index contributed by atoms with van der Waals surface area (Å²) in [4.78, 5) is 27.9. The minimum absolute atomic E-state index is 0.0560. The van der Waals surface area contributed by atoms with E-state index in [1.807, 2.05) is 102 Å². The van der Waals surface area contributed by atoms with E-state index in [9.17, 15) is 9.59 Å². The Morgan fingerprint density at radius 2 is 1.62 bits per heavy atom. The van der Waals surface area contributed by atoms with E-state index in [0.717, 1.165) is 34.6 Å². The Bertz CT molecular complexity index is 1450. The van der Waals surface area contributed by atoms with Gasteiger partial charge in [0.15, 0.2) is 0 Å². The van der Waals surface area contributed by atoms with Crippen LogP contribution in [0.2, 0.25) is 0 Å². The molecule has 2 aliphatic rings. The number of benzene rings is 3. The van der Waals surface area contributed by atoms with E-state index in [1.54, 1.807) is 0 Å². The number of hydrogen-bond acceptors (Lipinski definition) is 5. The number of hydrogen-bond donors (Lipinski definition) is 1. The number of carbonyl (C=O) groups is 2. The van der Waals surface area contributed by atoms with Crippen LogP contribution in [0.4, 0.5) is 4.79 Å². The molecule has 0 radical (unpaired) electrons. The number of rotatable bonds is 5. The normalized spacial score (nSPS) is 18.7. The summed E-state index contributed by atoms with van der Waals surface area (Å²) >= 11 is 0. The molecule has 2 saturated heterocycles. The standard InChI is InChI=1S/C34H43BN2O5/c1-32(2,3)40-31(39)36-22-23-10-8-12-26(20-23)24-16-18-37(19-17-24)30(38)28-13-9-11-25-14-15-27(21-29(25)28)35-41-33(4,5)34(6,7)42-35/h8-15,20-21,24H,16-19,22H2,1-7H3,(H,36,39). The van der Waals surface area contributed by atoms with Crippen molar-refractivity contribution >= 4 is 35.4 Å². The van der Waals surface area contributed by atoms with Gasteiger partial charge < -0.3 is 24.3 Å². The Kier molecular flexibility index (Phi) is 8.16. The second-order valence-electron chi connectivity index (χ2n) is 13.5. The quantitative estimate of drug-likeness (QED) is 0.371. The highest BCUT2D eigenvalue weighted by Crippen LogP contribution is 2.37. The maximum Gasteiger partial charge on any atom is 0.494 e. The number of carbonyl (C=O) groups excluding carboxylic acids is 2. The van der Waals surface area contributed by atoms with Crippen molar-refractivity contribution in [2.24, 2.45) is 0 Å². The third-order valence-corrected chi connectivity index (χ3v) is 8.70. The number of fused-ring (bicyclic) bond motifs is 1. The molecule has 2 aliphatic heterocycles. The molecule has 2 heterocycles. The molecule has 5 rings (SSSR count). The molecule has 2 fully saturated rings. The van der Waals surface area contributed by atoms with Crippen molar-refractivity contribution in [3.63, 3.8) is 0 Å². The van der Waals surface area contributed by atoms with Gasteiger partial charge in [0.25, 0.3) is 5.91 Å². The van der Waals surface area contributed by atoms with Gasteiger partial charge in [-0.15, -0.1) is 0 Å². The van der Waals surface area contributed by atoms with Crippen LogP contribution in [-0.2, 0) is 20.6 Å². The molecule has 0 spiro atoms. The van der Waals surface area contributed by atoms with Crippen LogP contribution in [0.3, 0.4) is 0 Å². The van der Waals surface area contributed by atoms with Crippen molar-refractivity contribution in [3.8, 4) is 0 Å². The number of nitrogens with zero attached hydrogens (tertiary/aromatic N) is 1. The minimum Gasteiger partial charge on any atom is -0.444 e. The number of piperidine rings is 1. The Morgan fingerprint density at radius 3 is 2.29 bits per heavy atom. The predicted octanol–water partition coefficient (Wildman–Crippen LogP) is 6.18. The fourth-order valence-electron chi connectivity index (χ4n) is 5.63. The second kappa shape index (κ2) is 11.4. The van der Waals surface area contributed by atoms with Gasteiger partial charge in [-0.3, -0.25) is 4.79 Å². The Morgan fingerprint density at radius 1 is 0.952 bits per heavy atom. The molecule has 0 atom stereocenters. The first-order chi connectivity index (χ1) is 19.7. The smallest absolute Gasteiger partial charge is 0.444 e. The summed E-state index contributed by atoms with van der Waals surface area (Å²) in [6, 6.07) is 20.4. The summed E-state index contributed by atoms with van der Waals surface area (Å²) in [5, 5.41) is 4.78. The average Bonchev–Trinajstić information content (AvgIpc) is 3.16. The summed E-state index contributed by atoms with van der Waals surface area (Å²) in [5.41, 5.74) is 2.51. The van der Waals surface area contributed by atoms with Crippen LogP contribution in [-0.4, -0.2) is 53.9 Å². The Labute approximate surface area is 250 Å². The van der Waals surface area contributed by atoms with Gasteiger partial charge in [-0.2, -0.15) is 0 Å². The van der Waals surface area contributed by atoms with Crippen LogP contribution < -0.4 is 10.8 Å². The van der Waals surface area contributed by atoms with E-state index in [0.29, 0.717) is 31.1 Å². The van der Waals surface area contributed by atoms with Crippen LogP contribution in [0.15, 0.2) is 60.7 Å². The lowest BCUT2D eigenvalue weighted by molar-refractivity contribution is 0.00578. The van der Waals surface area contributed by atoms with E-state index < -0.39 is 30.0 Å². The van der Waals surface area contributed by atoms with Gasteiger partial charge in [0.05, 0.1) is 11.2 Å². The van der Waals surface area contributed by atoms with Gasteiger partial charge in [-0.05, 0) is 101 Å². The molecule has 0 unspecified atom stereocenters. The summed E-state index contributed by atoms with van der Waals surface area (Å²) in [6.45, 7) is 15.5. The van der Waals surface area contributed by atoms with Crippen LogP contribution in [0.1, 0.15) is 88.7 Å². The van der Waals surface area contributed by atoms with Crippen molar-refractivity contribution in [2.45, 2.75) is 90.6 Å². The average molecular weight is 571 g/mol. The van der Waals surface area contributed by atoms with Gasteiger partial charge in [0, 0.05) is 25.2 Å². The van der Waals surface area contributed by atoms with Crippen molar-refractivity contribution in [1.29, 1.82) is 0 Å². The monoisotopic (exact) mass is 570 g/mol. The molecule has 8 heteroatoms. The van der Waals surface area contributed by atoms with Crippen molar-refractivity contribution in [2.75, 3.05) is 13.1 Å². The van der Waals surface area contributed by atoms with Crippen LogP contribution >= 0.6 is 0 Å². The summed E-state index contributed by atoms with van der Waals surface area (Å²) in [5.74, 6) is 0.415. The molecule has 0 aliphatic carbocycles. The topological polar surface area (TPSA) is 77.1 Å². The first-order valence-corrected chi connectivity index (χ1v) is 15.0. The highest BCUT2D eigenvalue weighted by Gasteiger charge is 2.51. The van der Waals surface area contributed by atoms with Gasteiger partial charge in [-0.25, -0.2) is 4.79 Å². The third-order valence-electron chi connectivity index (χ3n) is 8.70. The van der Waals surface area contributed by atoms with E-state index in [1.165, 1.54) is 5.56 Å². The van der Waals surface area contributed by atoms with Crippen molar-refractivity contribution in [3.05, 3.63) is 77.4 Å². The van der Waals surface area contributed by atoms with Gasteiger partial charge in [0.2, 0.25) is 0 Å². The SMILES string of the molecule is CC(C)(C)OC(=O)NCc1cccc(C2CCN(C(=O)c3cccc4ccc(B5OC(C)(C)C(C)(C)O5)cc34)CC2)c1. The van der Waals surface area contributed by atoms with Crippen LogP contribution in [0.5, 0.6) is 0 Å². The summed E-state index contributed by atoms with van der Waals surface area (Å²) < 4.78 is 17.9. The highest BCUT2D eigenvalue weighted by atomic mass is 16.7. The summed E-state index contributed by atoms with van der Waals surface area (Å²) in [7, 11) is -0.478. The number of nitrogens with one attached hydrogen (secondary N) is 1. The molecular formula is C34H43BN2O5. The zero-order valence-electron chi connectivity index (χ0n) is 26.0. The fraction of sp³-hybridized carbons (Fsp3) is 0.471. The van der Waals surface area contributed by atoms with Gasteiger partial charge in [-0.1, -0.05) is 54.6 Å².